The summed E-state index contributed by atoms with van der Waals surface area (Å²) in [5.74, 6) is 2.50. The molecule has 2 aliphatic rings. The molecule has 32 heavy (non-hydrogen) atoms. The first kappa shape index (κ1) is 22.3. The second-order valence-corrected chi connectivity index (χ2v) is 9.21. The van der Waals surface area contributed by atoms with Crippen molar-refractivity contribution in [1.82, 2.24) is 15.3 Å². The van der Waals surface area contributed by atoms with E-state index >= 15 is 0 Å². The summed E-state index contributed by atoms with van der Waals surface area (Å²) in [5.41, 5.74) is 0.861. The number of carbonyl (C=O) groups is 1. The van der Waals surface area contributed by atoms with E-state index in [1.54, 1.807) is 0 Å². The summed E-state index contributed by atoms with van der Waals surface area (Å²) >= 11 is 0. The molecule has 4 rings (SSSR count). The van der Waals surface area contributed by atoms with E-state index in [1.807, 2.05) is 43.5 Å². The number of ether oxygens (including phenoxy) is 2. The van der Waals surface area contributed by atoms with Crippen molar-refractivity contribution in [1.29, 1.82) is 0 Å². The number of benzene rings is 1. The third kappa shape index (κ3) is 5.48. The lowest BCUT2D eigenvalue weighted by molar-refractivity contribution is -0.119. The maximum Gasteiger partial charge on any atom is 0.227 e. The van der Waals surface area contributed by atoms with Gasteiger partial charge in [-0.25, -0.2) is 4.98 Å². The zero-order valence-corrected chi connectivity index (χ0v) is 19.4. The average Bonchev–Trinajstić information content (AvgIpc) is 3.22. The van der Waals surface area contributed by atoms with Gasteiger partial charge in [0.05, 0.1) is 24.8 Å². The molecule has 0 spiro atoms. The number of aromatic nitrogens is 2. The minimum Gasteiger partial charge on any atom is -0.489 e. The molecule has 2 fully saturated rings. The molecule has 0 radical (unpaired) electrons. The highest BCUT2D eigenvalue weighted by Crippen LogP contribution is 2.26. The Bertz CT molecular complexity index is 933. The predicted octanol–water partition coefficient (Wildman–Crippen LogP) is 2.95. The summed E-state index contributed by atoms with van der Waals surface area (Å²) in [6, 6.07) is 9.90. The topological polar surface area (TPSA) is 79.8 Å². The van der Waals surface area contributed by atoms with Crippen LogP contribution in [0.4, 0.5) is 11.8 Å². The first-order valence-electron chi connectivity index (χ1n) is 11.3. The summed E-state index contributed by atoms with van der Waals surface area (Å²) in [5, 5.41) is 2.90. The Hall–Kier alpha value is -2.87. The van der Waals surface area contributed by atoms with Crippen molar-refractivity contribution in [3.05, 3.63) is 42.1 Å². The van der Waals surface area contributed by atoms with Crippen LogP contribution in [0.1, 0.15) is 45.7 Å². The Labute approximate surface area is 189 Å². The van der Waals surface area contributed by atoms with Gasteiger partial charge in [0.25, 0.3) is 0 Å². The van der Waals surface area contributed by atoms with Gasteiger partial charge in [-0.15, -0.1) is 0 Å². The van der Waals surface area contributed by atoms with Gasteiger partial charge in [-0.05, 0) is 44.5 Å². The van der Waals surface area contributed by atoms with Crippen LogP contribution in [0.2, 0.25) is 0 Å². The van der Waals surface area contributed by atoms with E-state index in [0.717, 1.165) is 55.7 Å². The van der Waals surface area contributed by atoms with Gasteiger partial charge in [0, 0.05) is 39.2 Å². The zero-order chi connectivity index (χ0) is 22.7. The number of nitrogens with zero attached hydrogens (tertiary/aromatic N) is 4. The number of hydrogen-bond donors (Lipinski definition) is 1. The van der Waals surface area contributed by atoms with Crippen LogP contribution in [0.3, 0.4) is 0 Å². The lowest BCUT2D eigenvalue weighted by Gasteiger charge is -2.38. The van der Waals surface area contributed by atoms with Gasteiger partial charge < -0.3 is 24.6 Å². The Morgan fingerprint density at radius 1 is 1.22 bits per heavy atom. The SMILES string of the molecule is CC(=O)N[C@@H](C)c1ccc(O[C@@H]2CCN(c3ccnc(N4CCOC(C)(C)C4)n3)C2)cc1. The first-order valence-corrected chi connectivity index (χ1v) is 11.3. The van der Waals surface area contributed by atoms with Gasteiger partial charge in [-0.3, -0.25) is 4.79 Å². The molecule has 0 saturated carbocycles. The maximum absolute atomic E-state index is 11.3. The van der Waals surface area contributed by atoms with Crippen molar-refractivity contribution in [3.8, 4) is 5.75 Å². The van der Waals surface area contributed by atoms with Crippen LogP contribution in [0.5, 0.6) is 5.75 Å². The molecule has 1 aromatic carbocycles. The third-order valence-electron chi connectivity index (χ3n) is 5.91. The average molecular weight is 440 g/mol. The smallest absolute Gasteiger partial charge is 0.227 e. The molecule has 8 heteroatoms. The molecule has 0 unspecified atom stereocenters. The third-order valence-corrected chi connectivity index (χ3v) is 5.91. The number of nitrogens with one attached hydrogen (secondary N) is 1. The van der Waals surface area contributed by atoms with E-state index < -0.39 is 0 Å². The molecule has 3 heterocycles. The van der Waals surface area contributed by atoms with Crippen LogP contribution < -0.4 is 19.9 Å². The van der Waals surface area contributed by atoms with E-state index in [2.05, 4.69) is 33.9 Å². The fraction of sp³-hybridized carbons (Fsp3) is 0.542. The summed E-state index contributed by atoms with van der Waals surface area (Å²) in [7, 11) is 0. The van der Waals surface area contributed by atoms with Crippen molar-refractivity contribution in [3.63, 3.8) is 0 Å². The lowest BCUT2D eigenvalue weighted by Crippen LogP contribution is -2.49. The van der Waals surface area contributed by atoms with Gasteiger partial charge in [0.15, 0.2) is 0 Å². The lowest BCUT2D eigenvalue weighted by atomic mass is 10.1. The minimum atomic E-state index is -0.195. The van der Waals surface area contributed by atoms with Gasteiger partial charge in [-0.2, -0.15) is 4.98 Å². The standard InChI is InChI=1S/C24H33N5O3/c1-17(26-18(2)30)19-5-7-20(8-6-19)32-21-10-12-28(15-21)22-9-11-25-23(27-22)29-13-14-31-24(3,4)16-29/h5-9,11,17,21H,10,12-16H2,1-4H3,(H,26,30)/t17-,21+/m0/s1. The normalized spacial score (nSPS) is 21.3. The summed E-state index contributed by atoms with van der Waals surface area (Å²) < 4.78 is 12.0. The fourth-order valence-corrected chi connectivity index (χ4v) is 4.30. The van der Waals surface area contributed by atoms with Crippen LogP contribution >= 0.6 is 0 Å². The Morgan fingerprint density at radius 2 is 2.00 bits per heavy atom. The molecule has 0 bridgehead atoms. The molecule has 1 N–H and O–H groups in total. The molecule has 2 aliphatic heterocycles. The maximum atomic E-state index is 11.3. The Morgan fingerprint density at radius 3 is 2.72 bits per heavy atom. The van der Waals surface area contributed by atoms with Crippen molar-refractivity contribution >= 4 is 17.7 Å². The minimum absolute atomic E-state index is 0.0208. The van der Waals surface area contributed by atoms with Gasteiger partial charge in [0.1, 0.15) is 17.7 Å². The van der Waals surface area contributed by atoms with E-state index in [-0.39, 0.29) is 23.7 Å². The highest BCUT2D eigenvalue weighted by atomic mass is 16.5. The van der Waals surface area contributed by atoms with Crippen molar-refractivity contribution in [2.45, 2.75) is 51.9 Å². The summed E-state index contributed by atoms with van der Waals surface area (Å²) in [6.07, 6.45) is 2.88. The van der Waals surface area contributed by atoms with Crippen molar-refractivity contribution in [2.24, 2.45) is 0 Å². The number of anilines is 2. The largest absolute Gasteiger partial charge is 0.489 e. The number of rotatable bonds is 6. The highest BCUT2D eigenvalue weighted by Gasteiger charge is 2.30. The van der Waals surface area contributed by atoms with Crippen molar-refractivity contribution in [2.75, 3.05) is 42.6 Å². The highest BCUT2D eigenvalue weighted by molar-refractivity contribution is 5.73. The van der Waals surface area contributed by atoms with E-state index in [0.29, 0.717) is 6.61 Å². The van der Waals surface area contributed by atoms with E-state index in [1.165, 1.54) is 6.92 Å². The molecule has 172 valence electrons. The Balaban J connectivity index is 1.35. The first-order chi connectivity index (χ1) is 15.3. The van der Waals surface area contributed by atoms with Crippen LogP contribution in [0.15, 0.2) is 36.5 Å². The molecule has 2 aromatic rings. The van der Waals surface area contributed by atoms with E-state index in [9.17, 15) is 4.79 Å². The quantitative estimate of drug-likeness (QED) is 0.741. The second-order valence-electron chi connectivity index (χ2n) is 9.21. The summed E-state index contributed by atoms with van der Waals surface area (Å²) in [6.45, 7) is 11.6. The molecule has 2 atom stereocenters. The van der Waals surface area contributed by atoms with Gasteiger partial charge in [0.2, 0.25) is 11.9 Å². The van der Waals surface area contributed by atoms with Crippen molar-refractivity contribution < 1.29 is 14.3 Å². The monoisotopic (exact) mass is 439 g/mol. The zero-order valence-electron chi connectivity index (χ0n) is 19.4. The molecule has 1 aromatic heterocycles. The molecule has 8 nitrogen and oxygen atoms in total. The predicted molar refractivity (Wildman–Crippen MR) is 124 cm³/mol. The van der Waals surface area contributed by atoms with Gasteiger partial charge >= 0.3 is 0 Å². The van der Waals surface area contributed by atoms with Gasteiger partial charge in [-0.1, -0.05) is 12.1 Å². The Kier molecular flexibility index (Phi) is 6.50. The molecular formula is C24H33N5O3. The molecule has 0 aliphatic carbocycles. The number of amides is 1. The number of hydrogen-bond acceptors (Lipinski definition) is 7. The second kappa shape index (κ2) is 9.32. The van der Waals surface area contributed by atoms with Crippen LogP contribution in [0, 0.1) is 0 Å². The van der Waals surface area contributed by atoms with E-state index in [4.69, 9.17) is 14.5 Å². The number of carbonyl (C=O) groups excluding carboxylic acids is 1. The van der Waals surface area contributed by atoms with Crippen LogP contribution in [-0.2, 0) is 9.53 Å². The molecular weight excluding hydrogens is 406 g/mol. The molecule has 2 saturated heterocycles. The van der Waals surface area contributed by atoms with Crippen LogP contribution in [0.25, 0.3) is 0 Å². The van der Waals surface area contributed by atoms with Crippen LogP contribution in [-0.4, -0.2) is 60.4 Å². The molecule has 1 amide bonds. The fourth-order valence-electron chi connectivity index (χ4n) is 4.30. The number of morpholine rings is 1. The summed E-state index contributed by atoms with van der Waals surface area (Å²) in [4.78, 5) is 25.0.